The van der Waals surface area contributed by atoms with Crippen LogP contribution in [0.3, 0.4) is 0 Å². The molecule has 22 heavy (non-hydrogen) atoms. The minimum atomic E-state index is 0.00589. The summed E-state index contributed by atoms with van der Waals surface area (Å²) in [6.07, 6.45) is 2.00. The fourth-order valence-electron chi connectivity index (χ4n) is 3.15. The average molecular weight is 298 g/mol. The monoisotopic (exact) mass is 298 g/mol. The van der Waals surface area contributed by atoms with Gasteiger partial charge in [-0.25, -0.2) is 0 Å². The minimum absolute atomic E-state index is 0.00589. The molecule has 0 saturated heterocycles. The molecule has 0 unspecified atom stereocenters. The number of H-pyrrole nitrogens is 1. The Morgan fingerprint density at radius 1 is 1.41 bits per heavy atom. The van der Waals surface area contributed by atoms with Crippen molar-refractivity contribution < 1.29 is 4.79 Å². The van der Waals surface area contributed by atoms with Crippen molar-refractivity contribution >= 4 is 17.3 Å². The van der Waals surface area contributed by atoms with Gasteiger partial charge >= 0.3 is 0 Å². The van der Waals surface area contributed by atoms with Crippen LogP contribution in [0.4, 0.5) is 11.4 Å². The van der Waals surface area contributed by atoms with Crippen LogP contribution in [-0.2, 0) is 17.6 Å². The van der Waals surface area contributed by atoms with Gasteiger partial charge in [-0.05, 0) is 37.8 Å². The van der Waals surface area contributed by atoms with E-state index >= 15 is 0 Å². The van der Waals surface area contributed by atoms with Crippen LogP contribution in [0.25, 0.3) is 0 Å². The second-order valence-electron chi connectivity index (χ2n) is 5.81. The van der Waals surface area contributed by atoms with Crippen LogP contribution in [0, 0.1) is 13.8 Å². The Balaban J connectivity index is 1.75. The third-order valence-electron chi connectivity index (χ3n) is 4.28. The zero-order chi connectivity index (χ0) is 15.7. The molecule has 1 aliphatic rings. The highest BCUT2D eigenvalue weighted by Crippen LogP contribution is 2.32. The van der Waals surface area contributed by atoms with Gasteiger partial charge in [-0.1, -0.05) is 25.1 Å². The van der Waals surface area contributed by atoms with Crippen molar-refractivity contribution in [1.29, 1.82) is 0 Å². The molecule has 0 atom stereocenters. The zero-order valence-corrected chi connectivity index (χ0v) is 13.4. The highest BCUT2D eigenvalue weighted by molar-refractivity contribution is 5.95. The lowest BCUT2D eigenvalue weighted by Gasteiger charge is -2.21. The van der Waals surface area contributed by atoms with Crippen molar-refractivity contribution in [2.45, 2.75) is 33.6 Å². The second-order valence-corrected chi connectivity index (χ2v) is 5.81. The zero-order valence-electron chi connectivity index (χ0n) is 13.4. The molecule has 5 nitrogen and oxygen atoms in total. The Labute approximate surface area is 130 Å². The Kier molecular flexibility index (Phi) is 3.88. The lowest BCUT2D eigenvalue weighted by atomic mass is 10.1. The standard InChI is InChI=1S/C17H22N4O/c1-4-13-6-5-7-14-8-9-21(17(13)14)10-15(22)18-16-11(2)19-20-12(16)3/h5-7H,4,8-10H2,1-3H3,(H,18,22)(H,19,20). The normalized spacial score (nSPS) is 13.3. The van der Waals surface area contributed by atoms with Gasteiger partial charge in [0.15, 0.2) is 0 Å². The number of para-hydroxylation sites is 1. The lowest BCUT2D eigenvalue weighted by Crippen LogP contribution is -2.32. The fraction of sp³-hybridized carbons (Fsp3) is 0.412. The van der Waals surface area contributed by atoms with Crippen LogP contribution in [-0.4, -0.2) is 29.2 Å². The molecule has 1 amide bonds. The molecular weight excluding hydrogens is 276 g/mol. The Bertz CT molecular complexity index is 685. The van der Waals surface area contributed by atoms with Gasteiger partial charge in [0, 0.05) is 12.2 Å². The molecule has 1 aromatic heterocycles. The summed E-state index contributed by atoms with van der Waals surface area (Å²) in [5.41, 5.74) is 6.43. The third-order valence-corrected chi connectivity index (χ3v) is 4.28. The summed E-state index contributed by atoms with van der Waals surface area (Å²) in [6, 6.07) is 6.43. The van der Waals surface area contributed by atoms with E-state index in [0.29, 0.717) is 6.54 Å². The number of anilines is 2. The van der Waals surface area contributed by atoms with E-state index in [1.807, 2.05) is 13.8 Å². The molecule has 1 aliphatic heterocycles. The van der Waals surface area contributed by atoms with E-state index in [-0.39, 0.29) is 5.91 Å². The third kappa shape index (κ3) is 2.58. The van der Waals surface area contributed by atoms with Crippen molar-refractivity contribution in [3.8, 4) is 0 Å². The summed E-state index contributed by atoms with van der Waals surface area (Å²) in [5, 5.41) is 9.98. The number of nitrogens with zero attached hydrogens (tertiary/aromatic N) is 2. The highest BCUT2D eigenvalue weighted by Gasteiger charge is 2.23. The number of carbonyl (C=O) groups is 1. The molecular formula is C17H22N4O. The number of nitrogens with one attached hydrogen (secondary N) is 2. The molecule has 0 fully saturated rings. The van der Waals surface area contributed by atoms with Crippen LogP contribution < -0.4 is 10.2 Å². The summed E-state index contributed by atoms with van der Waals surface area (Å²) in [4.78, 5) is 14.6. The number of aromatic amines is 1. The molecule has 3 rings (SSSR count). The van der Waals surface area contributed by atoms with Crippen LogP contribution >= 0.6 is 0 Å². The quantitative estimate of drug-likeness (QED) is 0.912. The molecule has 2 N–H and O–H groups in total. The van der Waals surface area contributed by atoms with E-state index in [0.717, 1.165) is 36.5 Å². The predicted octanol–water partition coefficient (Wildman–Crippen LogP) is 2.59. The summed E-state index contributed by atoms with van der Waals surface area (Å²) < 4.78 is 0. The van der Waals surface area contributed by atoms with Crippen LogP contribution in [0.1, 0.15) is 29.4 Å². The van der Waals surface area contributed by atoms with Gasteiger partial charge in [-0.15, -0.1) is 0 Å². The molecule has 2 aromatic rings. The maximum absolute atomic E-state index is 12.4. The van der Waals surface area contributed by atoms with Gasteiger partial charge in [0.2, 0.25) is 5.91 Å². The number of fused-ring (bicyclic) bond motifs is 1. The molecule has 0 aliphatic carbocycles. The van der Waals surface area contributed by atoms with E-state index in [2.05, 4.69) is 45.5 Å². The number of rotatable bonds is 4. The lowest BCUT2D eigenvalue weighted by molar-refractivity contribution is -0.115. The van der Waals surface area contributed by atoms with E-state index < -0.39 is 0 Å². The van der Waals surface area contributed by atoms with Gasteiger partial charge in [0.1, 0.15) is 0 Å². The maximum atomic E-state index is 12.4. The summed E-state index contributed by atoms with van der Waals surface area (Å²) in [5.74, 6) is 0.00589. The minimum Gasteiger partial charge on any atom is -0.361 e. The van der Waals surface area contributed by atoms with Crippen molar-refractivity contribution in [1.82, 2.24) is 10.2 Å². The Morgan fingerprint density at radius 2 is 2.23 bits per heavy atom. The maximum Gasteiger partial charge on any atom is 0.243 e. The SMILES string of the molecule is CCc1cccc2c1N(CC(=O)Nc1c(C)n[nH]c1C)CC2. The largest absolute Gasteiger partial charge is 0.361 e. The topological polar surface area (TPSA) is 61.0 Å². The first-order valence-corrected chi connectivity index (χ1v) is 7.77. The van der Waals surface area contributed by atoms with E-state index in [1.54, 1.807) is 0 Å². The number of benzene rings is 1. The van der Waals surface area contributed by atoms with Crippen molar-refractivity contribution in [3.63, 3.8) is 0 Å². The fourth-order valence-corrected chi connectivity index (χ4v) is 3.15. The van der Waals surface area contributed by atoms with Gasteiger partial charge < -0.3 is 10.2 Å². The first kappa shape index (κ1) is 14.6. The first-order chi connectivity index (χ1) is 10.6. The van der Waals surface area contributed by atoms with Gasteiger partial charge in [0.25, 0.3) is 0 Å². The van der Waals surface area contributed by atoms with Gasteiger partial charge in [0.05, 0.1) is 23.6 Å². The number of hydrogen-bond acceptors (Lipinski definition) is 3. The average Bonchev–Trinajstić information content (AvgIpc) is 3.05. The number of aromatic nitrogens is 2. The molecule has 0 saturated carbocycles. The molecule has 2 heterocycles. The summed E-state index contributed by atoms with van der Waals surface area (Å²) in [7, 11) is 0. The molecule has 5 heteroatoms. The smallest absolute Gasteiger partial charge is 0.243 e. The molecule has 116 valence electrons. The van der Waals surface area contributed by atoms with Crippen LogP contribution in [0.15, 0.2) is 18.2 Å². The van der Waals surface area contributed by atoms with E-state index in [4.69, 9.17) is 0 Å². The van der Waals surface area contributed by atoms with Crippen molar-refractivity contribution in [3.05, 3.63) is 40.7 Å². The van der Waals surface area contributed by atoms with Crippen molar-refractivity contribution in [2.24, 2.45) is 0 Å². The molecule has 0 bridgehead atoms. The van der Waals surface area contributed by atoms with Crippen LogP contribution in [0.2, 0.25) is 0 Å². The van der Waals surface area contributed by atoms with Gasteiger partial charge in [-0.3, -0.25) is 9.89 Å². The first-order valence-electron chi connectivity index (χ1n) is 7.77. The Morgan fingerprint density at radius 3 is 2.91 bits per heavy atom. The Hall–Kier alpha value is -2.30. The van der Waals surface area contributed by atoms with Gasteiger partial charge in [-0.2, -0.15) is 5.10 Å². The number of carbonyl (C=O) groups excluding carboxylic acids is 1. The van der Waals surface area contributed by atoms with Crippen molar-refractivity contribution in [2.75, 3.05) is 23.3 Å². The second kappa shape index (κ2) is 5.83. The molecule has 0 radical (unpaired) electrons. The number of amides is 1. The predicted molar refractivity (Wildman–Crippen MR) is 88.4 cm³/mol. The van der Waals surface area contributed by atoms with E-state index in [9.17, 15) is 4.79 Å². The summed E-state index contributed by atoms with van der Waals surface area (Å²) in [6.45, 7) is 7.25. The van der Waals surface area contributed by atoms with Crippen LogP contribution in [0.5, 0.6) is 0 Å². The van der Waals surface area contributed by atoms with E-state index in [1.165, 1.54) is 16.8 Å². The molecule has 0 spiro atoms. The highest BCUT2D eigenvalue weighted by atomic mass is 16.2. The summed E-state index contributed by atoms with van der Waals surface area (Å²) >= 11 is 0. The number of aryl methyl sites for hydroxylation is 3. The molecule has 1 aromatic carbocycles. The number of hydrogen-bond donors (Lipinski definition) is 2.